The van der Waals surface area contributed by atoms with Crippen LogP contribution in [0.2, 0.25) is 0 Å². The lowest BCUT2D eigenvalue weighted by Gasteiger charge is -2.29. The number of hydrogen-bond donors (Lipinski definition) is 0. The first-order valence-corrected chi connectivity index (χ1v) is 19.5. The van der Waals surface area contributed by atoms with Gasteiger partial charge in [-0.25, -0.2) is 9.97 Å². The van der Waals surface area contributed by atoms with Crippen LogP contribution in [0.3, 0.4) is 0 Å². The van der Waals surface area contributed by atoms with E-state index in [1.165, 1.54) is 27.8 Å². The highest BCUT2D eigenvalue weighted by molar-refractivity contribution is 6.06. The van der Waals surface area contributed by atoms with Crippen molar-refractivity contribution in [3.63, 3.8) is 0 Å². The molecule has 2 heterocycles. The summed E-state index contributed by atoms with van der Waals surface area (Å²) in [6, 6.07) is 71.1. The molecule has 0 radical (unpaired) electrons. The molecule has 0 aliphatic heterocycles. The fourth-order valence-corrected chi connectivity index (χ4v) is 8.91. The third-order valence-electron chi connectivity index (χ3n) is 11.8. The quantitative estimate of drug-likeness (QED) is 0.171. The van der Waals surface area contributed by atoms with Crippen LogP contribution in [-0.2, 0) is 5.41 Å². The average Bonchev–Trinajstić information content (AvgIpc) is 3.79. The van der Waals surface area contributed by atoms with Gasteiger partial charge in [0.15, 0.2) is 5.82 Å². The van der Waals surface area contributed by atoms with Gasteiger partial charge in [-0.2, -0.15) is 0 Å². The molecule has 1 aliphatic carbocycles. The zero-order valence-corrected chi connectivity index (χ0v) is 31.4. The van der Waals surface area contributed by atoms with Crippen LogP contribution in [0.25, 0.3) is 89.2 Å². The number of furan rings is 1. The summed E-state index contributed by atoms with van der Waals surface area (Å²) in [5, 5.41) is 2.25. The van der Waals surface area contributed by atoms with E-state index in [1.54, 1.807) is 0 Å². The second-order valence-corrected chi connectivity index (χ2v) is 15.1. The van der Waals surface area contributed by atoms with Gasteiger partial charge in [-0.05, 0) is 87.3 Å². The molecule has 0 unspecified atom stereocenters. The van der Waals surface area contributed by atoms with E-state index in [9.17, 15) is 0 Å². The summed E-state index contributed by atoms with van der Waals surface area (Å²) in [5.41, 5.74) is 17.4. The minimum Gasteiger partial charge on any atom is -0.456 e. The van der Waals surface area contributed by atoms with Crippen LogP contribution in [0.5, 0.6) is 0 Å². The molecule has 0 spiro atoms. The fraction of sp³-hybridized carbons (Fsp3) is 0.0370. The third-order valence-corrected chi connectivity index (χ3v) is 11.8. The highest BCUT2D eigenvalue weighted by Gasteiger charge is 2.40. The maximum Gasteiger partial charge on any atom is 0.160 e. The van der Waals surface area contributed by atoms with E-state index in [0.29, 0.717) is 5.82 Å². The van der Waals surface area contributed by atoms with Gasteiger partial charge in [0.2, 0.25) is 0 Å². The molecular weight excluding hydrogens is 693 g/mol. The monoisotopic (exact) mass is 728 g/mol. The van der Waals surface area contributed by atoms with Gasteiger partial charge in [-0.15, -0.1) is 0 Å². The van der Waals surface area contributed by atoms with E-state index in [0.717, 1.165) is 72.3 Å². The van der Waals surface area contributed by atoms with Gasteiger partial charge in [0.25, 0.3) is 0 Å². The summed E-state index contributed by atoms with van der Waals surface area (Å²) in [6.07, 6.45) is 0. The first-order valence-electron chi connectivity index (χ1n) is 19.5. The van der Waals surface area contributed by atoms with Crippen molar-refractivity contribution < 1.29 is 4.42 Å². The van der Waals surface area contributed by atoms with Crippen LogP contribution in [0.15, 0.2) is 205 Å². The Kier molecular flexibility index (Phi) is 7.61. The molecule has 11 rings (SSSR count). The summed E-state index contributed by atoms with van der Waals surface area (Å²) >= 11 is 0. The Hall–Kier alpha value is -7.36. The van der Waals surface area contributed by atoms with E-state index in [4.69, 9.17) is 14.4 Å². The van der Waals surface area contributed by atoms with E-state index in [1.807, 2.05) is 30.3 Å². The van der Waals surface area contributed by atoms with Gasteiger partial charge in [0, 0.05) is 32.9 Å². The molecule has 0 atom stereocenters. The predicted molar refractivity (Wildman–Crippen MR) is 234 cm³/mol. The van der Waals surface area contributed by atoms with Gasteiger partial charge in [0.05, 0.1) is 11.4 Å². The molecule has 3 heteroatoms. The molecule has 268 valence electrons. The average molecular weight is 729 g/mol. The Labute approximate surface area is 331 Å². The van der Waals surface area contributed by atoms with Crippen LogP contribution in [0, 0.1) is 0 Å². The minimum absolute atomic E-state index is 0.287. The van der Waals surface area contributed by atoms with Crippen molar-refractivity contribution in [3.05, 3.63) is 217 Å². The molecule has 1 aliphatic rings. The highest BCUT2D eigenvalue weighted by atomic mass is 16.3. The number of fused-ring (bicyclic) bond motifs is 6. The maximum absolute atomic E-state index is 6.10. The topological polar surface area (TPSA) is 38.9 Å². The number of benzene rings is 8. The Bertz CT molecular complexity index is 3090. The number of hydrogen-bond acceptors (Lipinski definition) is 3. The van der Waals surface area contributed by atoms with E-state index in [2.05, 4.69) is 177 Å². The first kappa shape index (κ1) is 33.0. The van der Waals surface area contributed by atoms with Crippen molar-refractivity contribution in [1.82, 2.24) is 9.97 Å². The van der Waals surface area contributed by atoms with Gasteiger partial charge >= 0.3 is 0 Å². The minimum atomic E-state index is -0.287. The van der Waals surface area contributed by atoms with Crippen molar-refractivity contribution in [3.8, 4) is 67.3 Å². The van der Waals surface area contributed by atoms with Crippen molar-refractivity contribution in [2.45, 2.75) is 12.3 Å². The lowest BCUT2D eigenvalue weighted by atomic mass is 9.73. The summed E-state index contributed by atoms with van der Waals surface area (Å²) < 4.78 is 6.10. The highest BCUT2D eigenvalue weighted by Crippen LogP contribution is 2.52. The lowest BCUT2D eigenvalue weighted by molar-refractivity contribution is 0.669. The van der Waals surface area contributed by atoms with Crippen molar-refractivity contribution in [1.29, 1.82) is 0 Å². The van der Waals surface area contributed by atoms with Crippen LogP contribution in [0.1, 0.15) is 23.6 Å². The van der Waals surface area contributed by atoms with Gasteiger partial charge in [-0.1, -0.05) is 170 Å². The van der Waals surface area contributed by atoms with Crippen LogP contribution >= 0.6 is 0 Å². The van der Waals surface area contributed by atoms with E-state index < -0.39 is 0 Å². The summed E-state index contributed by atoms with van der Waals surface area (Å²) in [7, 11) is 0. The lowest BCUT2D eigenvalue weighted by Crippen LogP contribution is -2.22. The Morgan fingerprint density at radius 3 is 1.72 bits per heavy atom. The first-order chi connectivity index (χ1) is 28.1. The van der Waals surface area contributed by atoms with E-state index in [-0.39, 0.29) is 5.41 Å². The largest absolute Gasteiger partial charge is 0.456 e. The second kappa shape index (κ2) is 13.1. The molecule has 0 saturated heterocycles. The molecule has 8 aromatic carbocycles. The molecule has 10 aromatic rings. The normalized spacial score (nSPS) is 12.8. The van der Waals surface area contributed by atoms with Gasteiger partial charge in [-0.3, -0.25) is 0 Å². The van der Waals surface area contributed by atoms with Gasteiger partial charge in [0.1, 0.15) is 11.2 Å². The van der Waals surface area contributed by atoms with Crippen LogP contribution < -0.4 is 0 Å². The standard InChI is InChI=1S/C54H36N2O/c1-54(47-23-10-7-19-42(47)43-20-8-11-24-48(43)54)40-17-13-16-39(32-40)41-18-5-6-21-44(41)50-34-49(55-53(56-50)37-14-3-2-4-15-37)36-28-26-35(27-29-36)38-30-31-52-46(33-38)45-22-9-12-25-51(45)57-52/h2-34H,1H3. The Morgan fingerprint density at radius 1 is 0.368 bits per heavy atom. The summed E-state index contributed by atoms with van der Waals surface area (Å²) in [6.45, 7) is 2.37. The van der Waals surface area contributed by atoms with Crippen LogP contribution in [0.4, 0.5) is 0 Å². The third kappa shape index (κ3) is 5.43. The molecule has 0 amide bonds. The van der Waals surface area contributed by atoms with E-state index >= 15 is 0 Å². The smallest absolute Gasteiger partial charge is 0.160 e. The molecule has 3 nitrogen and oxygen atoms in total. The molecule has 0 fully saturated rings. The van der Waals surface area contributed by atoms with Gasteiger partial charge < -0.3 is 4.42 Å². The van der Waals surface area contributed by atoms with Crippen molar-refractivity contribution in [2.75, 3.05) is 0 Å². The van der Waals surface area contributed by atoms with Crippen molar-refractivity contribution in [2.24, 2.45) is 0 Å². The molecule has 2 aromatic heterocycles. The van der Waals surface area contributed by atoms with Crippen LogP contribution in [-0.4, -0.2) is 9.97 Å². The number of aromatic nitrogens is 2. The second-order valence-electron chi connectivity index (χ2n) is 15.1. The predicted octanol–water partition coefficient (Wildman–Crippen LogP) is 14.0. The number of rotatable bonds is 6. The zero-order valence-electron chi connectivity index (χ0n) is 31.4. The summed E-state index contributed by atoms with van der Waals surface area (Å²) in [5.74, 6) is 0.694. The van der Waals surface area contributed by atoms with Crippen molar-refractivity contribution >= 4 is 21.9 Å². The molecular formula is C54H36N2O. The molecule has 0 saturated carbocycles. The zero-order chi connectivity index (χ0) is 37.9. The maximum atomic E-state index is 6.10. The summed E-state index contributed by atoms with van der Waals surface area (Å²) in [4.78, 5) is 10.4. The number of nitrogens with zero attached hydrogens (tertiary/aromatic N) is 2. The number of para-hydroxylation sites is 1. The molecule has 0 N–H and O–H groups in total. The Balaban J connectivity index is 1.01. The fourth-order valence-electron chi connectivity index (χ4n) is 8.91. The molecule has 0 bridgehead atoms. The molecule has 57 heavy (non-hydrogen) atoms. The SMILES string of the molecule is CC1(c2cccc(-c3ccccc3-c3cc(-c4ccc(-c5ccc6oc7ccccc7c6c5)cc4)nc(-c4ccccc4)n3)c2)c2ccccc2-c2ccccc21. The Morgan fingerprint density at radius 2 is 0.947 bits per heavy atom.